The molecule has 0 unspecified atom stereocenters. The summed E-state index contributed by atoms with van der Waals surface area (Å²) in [7, 11) is 0. The Labute approximate surface area is 67.0 Å². The molecule has 1 amide bonds. The van der Waals surface area contributed by atoms with Crippen LogP contribution in [-0.2, 0) is 0 Å². The maximum atomic E-state index is 10.8. The third-order valence-electron chi connectivity index (χ3n) is 1.16. The molecule has 0 radical (unpaired) electrons. The zero-order chi connectivity index (χ0) is 8.43. The third-order valence-corrected chi connectivity index (χ3v) is 1.47. The smallest absolute Gasteiger partial charge is 0.262 e. The van der Waals surface area contributed by atoms with E-state index in [0.717, 1.165) is 0 Å². The first-order valence-electron chi connectivity index (χ1n) is 2.80. The van der Waals surface area contributed by atoms with Crippen molar-refractivity contribution >= 4 is 17.5 Å². The Morgan fingerprint density at radius 3 is 2.64 bits per heavy atom. The molecule has 4 nitrogen and oxygen atoms in total. The lowest BCUT2D eigenvalue weighted by Crippen LogP contribution is -2.23. The predicted molar refractivity (Wildman–Crippen MR) is 40.6 cm³/mol. The van der Waals surface area contributed by atoms with Crippen LogP contribution in [0.15, 0.2) is 17.1 Å². The van der Waals surface area contributed by atoms with E-state index < -0.39 is 11.5 Å². The van der Waals surface area contributed by atoms with E-state index >= 15 is 0 Å². The average Bonchev–Trinajstić information content (AvgIpc) is 1.85. The van der Waals surface area contributed by atoms with Gasteiger partial charge in [-0.25, -0.2) is 0 Å². The average molecular weight is 173 g/mol. The van der Waals surface area contributed by atoms with E-state index in [0.29, 0.717) is 0 Å². The molecule has 0 spiro atoms. The van der Waals surface area contributed by atoms with Crippen molar-refractivity contribution in [1.29, 1.82) is 0 Å². The van der Waals surface area contributed by atoms with Crippen LogP contribution in [-0.4, -0.2) is 10.9 Å². The summed E-state index contributed by atoms with van der Waals surface area (Å²) < 4.78 is 0. The Morgan fingerprint density at radius 1 is 1.64 bits per heavy atom. The molecule has 0 aliphatic carbocycles. The van der Waals surface area contributed by atoms with Gasteiger partial charge in [-0.2, -0.15) is 0 Å². The fourth-order valence-electron chi connectivity index (χ4n) is 0.684. The molecule has 0 fully saturated rings. The molecule has 0 atom stereocenters. The quantitative estimate of drug-likeness (QED) is 0.632. The molecule has 3 N–H and O–H groups in total. The molecule has 0 saturated carbocycles. The maximum Gasteiger partial charge on any atom is 0.262 e. The first-order valence-corrected chi connectivity index (χ1v) is 3.17. The molecule has 5 heteroatoms. The monoisotopic (exact) mass is 172 g/mol. The Balaban J connectivity index is 3.45. The number of aromatic amines is 1. The van der Waals surface area contributed by atoms with Crippen molar-refractivity contribution in [3.63, 3.8) is 0 Å². The Hall–Kier alpha value is -1.29. The van der Waals surface area contributed by atoms with Crippen LogP contribution in [0.25, 0.3) is 0 Å². The topological polar surface area (TPSA) is 76.0 Å². The molecule has 0 aliphatic rings. The zero-order valence-electron chi connectivity index (χ0n) is 5.43. The van der Waals surface area contributed by atoms with E-state index in [9.17, 15) is 9.59 Å². The normalized spacial score (nSPS) is 9.55. The molecule has 0 aromatic carbocycles. The Kier molecular flexibility index (Phi) is 1.96. The van der Waals surface area contributed by atoms with Crippen molar-refractivity contribution in [3.05, 3.63) is 33.2 Å². The van der Waals surface area contributed by atoms with Gasteiger partial charge in [0.2, 0.25) is 0 Å². The minimum Gasteiger partial charge on any atom is -0.365 e. The van der Waals surface area contributed by atoms with Gasteiger partial charge < -0.3 is 10.7 Å². The molecule has 0 bridgehead atoms. The molecule has 11 heavy (non-hydrogen) atoms. The van der Waals surface area contributed by atoms with Crippen molar-refractivity contribution in [2.45, 2.75) is 0 Å². The number of hydrogen-bond acceptors (Lipinski definition) is 2. The van der Waals surface area contributed by atoms with Crippen molar-refractivity contribution in [2.24, 2.45) is 5.73 Å². The van der Waals surface area contributed by atoms with E-state index in [1.165, 1.54) is 12.3 Å². The summed E-state index contributed by atoms with van der Waals surface area (Å²) in [6.45, 7) is 0. The highest BCUT2D eigenvalue weighted by Crippen LogP contribution is 2.08. The molecular weight excluding hydrogens is 168 g/mol. The lowest BCUT2D eigenvalue weighted by molar-refractivity contribution is 0.0999. The van der Waals surface area contributed by atoms with E-state index in [4.69, 9.17) is 17.3 Å². The van der Waals surface area contributed by atoms with Gasteiger partial charge in [0, 0.05) is 6.20 Å². The SMILES string of the molecule is NC(=O)c1c(Cl)cc[nH]c1=O. The van der Waals surface area contributed by atoms with Crippen molar-refractivity contribution < 1.29 is 4.79 Å². The minimum atomic E-state index is -0.822. The summed E-state index contributed by atoms with van der Waals surface area (Å²) in [5, 5.41) is 0.0706. The first kappa shape index (κ1) is 7.81. The van der Waals surface area contributed by atoms with Gasteiger partial charge in [0.05, 0.1) is 5.02 Å². The van der Waals surface area contributed by atoms with Crippen LogP contribution >= 0.6 is 11.6 Å². The molecule has 1 aromatic heterocycles. The van der Waals surface area contributed by atoms with Crippen LogP contribution in [0.1, 0.15) is 10.4 Å². The highest BCUT2D eigenvalue weighted by atomic mass is 35.5. The number of nitrogens with one attached hydrogen (secondary N) is 1. The number of primary amides is 1. The summed E-state index contributed by atoms with van der Waals surface area (Å²) in [5.41, 5.74) is 4.11. The van der Waals surface area contributed by atoms with Gasteiger partial charge in [-0.15, -0.1) is 0 Å². The van der Waals surface area contributed by atoms with Gasteiger partial charge in [0.15, 0.2) is 0 Å². The molecule has 1 rings (SSSR count). The van der Waals surface area contributed by atoms with Crippen LogP contribution in [0, 0.1) is 0 Å². The number of rotatable bonds is 1. The van der Waals surface area contributed by atoms with Crippen molar-refractivity contribution in [3.8, 4) is 0 Å². The summed E-state index contributed by atoms with van der Waals surface area (Å²) in [5.74, 6) is -0.822. The van der Waals surface area contributed by atoms with Gasteiger partial charge >= 0.3 is 0 Å². The summed E-state index contributed by atoms with van der Waals surface area (Å²) in [4.78, 5) is 23.7. The molecule has 0 aliphatic heterocycles. The standard InChI is InChI=1S/C6H5ClN2O2/c7-3-1-2-9-6(11)4(3)5(8)10/h1-2H,(H2,8,10)(H,9,11). The van der Waals surface area contributed by atoms with Crippen LogP contribution in [0.5, 0.6) is 0 Å². The predicted octanol–water partition coefficient (Wildman–Crippen LogP) is 0.127. The number of halogens is 1. The van der Waals surface area contributed by atoms with Gasteiger partial charge in [-0.1, -0.05) is 11.6 Å². The lowest BCUT2D eigenvalue weighted by Gasteiger charge is -1.94. The fourth-order valence-corrected chi connectivity index (χ4v) is 0.926. The molecule has 0 saturated heterocycles. The van der Waals surface area contributed by atoms with Crippen LogP contribution in [0.2, 0.25) is 5.02 Å². The number of H-pyrrole nitrogens is 1. The second-order valence-corrected chi connectivity index (χ2v) is 2.30. The third kappa shape index (κ3) is 1.40. The van der Waals surface area contributed by atoms with E-state index in [-0.39, 0.29) is 10.6 Å². The van der Waals surface area contributed by atoms with Crippen molar-refractivity contribution in [1.82, 2.24) is 4.98 Å². The molecule has 58 valence electrons. The zero-order valence-corrected chi connectivity index (χ0v) is 6.18. The van der Waals surface area contributed by atoms with Gasteiger partial charge in [-0.05, 0) is 6.07 Å². The number of aromatic nitrogens is 1. The number of pyridine rings is 1. The number of carbonyl (C=O) groups is 1. The highest BCUT2D eigenvalue weighted by Gasteiger charge is 2.09. The van der Waals surface area contributed by atoms with Crippen LogP contribution in [0.3, 0.4) is 0 Å². The van der Waals surface area contributed by atoms with E-state index in [2.05, 4.69) is 4.98 Å². The minimum absolute atomic E-state index is 0.0706. The van der Waals surface area contributed by atoms with Crippen LogP contribution in [0.4, 0.5) is 0 Å². The number of nitrogens with two attached hydrogens (primary N) is 1. The largest absolute Gasteiger partial charge is 0.365 e. The van der Waals surface area contributed by atoms with Gasteiger partial charge in [0.25, 0.3) is 11.5 Å². The van der Waals surface area contributed by atoms with Crippen molar-refractivity contribution in [2.75, 3.05) is 0 Å². The molecule has 1 heterocycles. The Morgan fingerprint density at radius 2 is 2.27 bits per heavy atom. The number of carbonyl (C=O) groups excluding carboxylic acids is 1. The summed E-state index contributed by atoms with van der Waals surface area (Å²) >= 11 is 5.50. The Bertz CT molecular complexity index is 345. The number of amides is 1. The highest BCUT2D eigenvalue weighted by molar-refractivity contribution is 6.33. The van der Waals surface area contributed by atoms with E-state index in [1.807, 2.05) is 0 Å². The first-order chi connectivity index (χ1) is 5.13. The second-order valence-electron chi connectivity index (χ2n) is 1.89. The van der Waals surface area contributed by atoms with Gasteiger partial charge in [0.1, 0.15) is 5.56 Å². The van der Waals surface area contributed by atoms with Crippen LogP contribution < -0.4 is 11.3 Å². The maximum absolute atomic E-state index is 10.8. The van der Waals surface area contributed by atoms with E-state index in [1.54, 1.807) is 0 Å². The summed E-state index contributed by atoms with van der Waals surface area (Å²) in [6, 6.07) is 1.39. The molecule has 1 aromatic rings. The second kappa shape index (κ2) is 2.75. The molecular formula is C6H5ClN2O2. The fraction of sp³-hybridized carbons (Fsp3) is 0. The lowest BCUT2D eigenvalue weighted by atomic mass is 10.3. The number of hydrogen-bond donors (Lipinski definition) is 2. The summed E-state index contributed by atoms with van der Waals surface area (Å²) in [6.07, 6.45) is 1.34. The van der Waals surface area contributed by atoms with Gasteiger partial charge in [-0.3, -0.25) is 9.59 Å².